The number of hydrogen-bond donors (Lipinski definition) is 1. The van der Waals surface area contributed by atoms with Crippen molar-refractivity contribution >= 4 is 26.6 Å². The Bertz CT molecular complexity index is 907. The topological polar surface area (TPSA) is 62.3 Å². The number of halogens is 2. The van der Waals surface area contributed by atoms with Crippen LogP contribution in [0.25, 0.3) is 10.9 Å². The SMILES string of the molecule is O=S(=O)(C1CC1)N1CCC(Nc2ccnc3c(F)cc(F)cc23)CC1. The second-order valence-corrected chi connectivity index (χ2v) is 8.92. The summed E-state index contributed by atoms with van der Waals surface area (Å²) in [6.45, 7) is 0.949. The molecule has 4 rings (SSSR count). The lowest BCUT2D eigenvalue weighted by atomic mass is 10.1. The minimum atomic E-state index is -3.13. The van der Waals surface area contributed by atoms with E-state index in [-0.39, 0.29) is 16.8 Å². The fourth-order valence-electron chi connectivity index (χ4n) is 3.36. The number of rotatable bonds is 4. The van der Waals surface area contributed by atoms with Crippen molar-refractivity contribution in [2.75, 3.05) is 18.4 Å². The number of aromatic nitrogens is 1. The molecule has 2 aliphatic rings. The molecule has 1 aromatic heterocycles. The molecule has 1 N–H and O–H groups in total. The molecule has 2 heterocycles. The number of hydrogen-bond acceptors (Lipinski definition) is 4. The van der Waals surface area contributed by atoms with Gasteiger partial charge in [0.25, 0.3) is 0 Å². The monoisotopic (exact) mass is 367 g/mol. The molecule has 5 nitrogen and oxygen atoms in total. The van der Waals surface area contributed by atoms with Crippen molar-refractivity contribution in [3.8, 4) is 0 Å². The van der Waals surface area contributed by atoms with Crippen LogP contribution in [0, 0.1) is 11.6 Å². The van der Waals surface area contributed by atoms with E-state index in [2.05, 4.69) is 10.3 Å². The lowest BCUT2D eigenvalue weighted by Gasteiger charge is -2.32. The number of pyridine rings is 1. The number of nitrogens with zero attached hydrogens (tertiary/aromatic N) is 2. The van der Waals surface area contributed by atoms with E-state index in [1.54, 1.807) is 10.4 Å². The molecule has 1 aromatic carbocycles. The Hall–Kier alpha value is -1.80. The first-order chi connectivity index (χ1) is 11.9. The smallest absolute Gasteiger partial charge is 0.216 e. The van der Waals surface area contributed by atoms with Gasteiger partial charge in [-0.25, -0.2) is 21.5 Å². The number of nitrogens with one attached hydrogen (secondary N) is 1. The van der Waals surface area contributed by atoms with Crippen molar-refractivity contribution in [2.24, 2.45) is 0 Å². The van der Waals surface area contributed by atoms with Gasteiger partial charge in [0.05, 0.1) is 5.25 Å². The fourth-order valence-corrected chi connectivity index (χ4v) is 5.23. The molecular formula is C17H19F2N3O2S. The lowest BCUT2D eigenvalue weighted by molar-refractivity contribution is 0.329. The highest BCUT2D eigenvalue weighted by atomic mass is 32.2. The van der Waals surface area contributed by atoms with Crippen LogP contribution in [-0.2, 0) is 10.0 Å². The van der Waals surface area contributed by atoms with Gasteiger partial charge in [-0.15, -0.1) is 0 Å². The molecule has 134 valence electrons. The lowest BCUT2D eigenvalue weighted by Crippen LogP contribution is -2.43. The minimum Gasteiger partial charge on any atom is -0.382 e. The Morgan fingerprint density at radius 3 is 2.52 bits per heavy atom. The zero-order valence-corrected chi connectivity index (χ0v) is 14.4. The van der Waals surface area contributed by atoms with E-state index in [0.717, 1.165) is 18.9 Å². The molecule has 2 fully saturated rings. The zero-order chi connectivity index (χ0) is 17.6. The molecule has 0 bridgehead atoms. The maximum absolute atomic E-state index is 13.9. The third kappa shape index (κ3) is 3.20. The molecule has 2 aromatic rings. The van der Waals surface area contributed by atoms with Gasteiger partial charge in [0.1, 0.15) is 11.3 Å². The first kappa shape index (κ1) is 16.7. The van der Waals surface area contributed by atoms with Crippen molar-refractivity contribution in [1.82, 2.24) is 9.29 Å². The first-order valence-corrected chi connectivity index (χ1v) is 9.95. The van der Waals surface area contributed by atoms with Crippen LogP contribution >= 0.6 is 0 Å². The van der Waals surface area contributed by atoms with Crippen molar-refractivity contribution in [1.29, 1.82) is 0 Å². The van der Waals surface area contributed by atoms with Crippen LogP contribution in [-0.4, -0.2) is 42.1 Å². The third-order valence-electron chi connectivity index (χ3n) is 4.88. The largest absolute Gasteiger partial charge is 0.382 e. The summed E-state index contributed by atoms with van der Waals surface area (Å²) >= 11 is 0. The standard InChI is InChI=1S/C17H19F2N3O2S/c18-11-9-14-16(3-6-20-17(14)15(19)10-11)21-12-4-7-22(8-5-12)25(23,24)13-1-2-13/h3,6,9-10,12-13H,1-2,4-5,7-8H2,(H,20,21). The molecule has 8 heteroatoms. The van der Waals surface area contributed by atoms with E-state index >= 15 is 0 Å². The Morgan fingerprint density at radius 1 is 1.12 bits per heavy atom. The molecule has 25 heavy (non-hydrogen) atoms. The summed E-state index contributed by atoms with van der Waals surface area (Å²) in [5, 5.41) is 3.51. The van der Waals surface area contributed by atoms with Crippen LogP contribution in [0.3, 0.4) is 0 Å². The Balaban J connectivity index is 1.50. The predicted molar refractivity (Wildman–Crippen MR) is 91.8 cm³/mol. The molecule has 0 radical (unpaired) electrons. The van der Waals surface area contributed by atoms with Crippen LogP contribution in [0.2, 0.25) is 0 Å². The first-order valence-electron chi connectivity index (χ1n) is 8.44. The van der Waals surface area contributed by atoms with Gasteiger partial charge < -0.3 is 5.32 Å². The van der Waals surface area contributed by atoms with Gasteiger partial charge in [-0.2, -0.15) is 0 Å². The van der Waals surface area contributed by atoms with Crippen LogP contribution in [0.1, 0.15) is 25.7 Å². The summed E-state index contributed by atoms with van der Waals surface area (Å²) in [5.74, 6) is -1.34. The van der Waals surface area contributed by atoms with Gasteiger partial charge in [-0.3, -0.25) is 4.98 Å². The summed E-state index contributed by atoms with van der Waals surface area (Å²) in [6.07, 6.45) is 4.33. The van der Waals surface area contributed by atoms with Crippen molar-refractivity contribution in [3.63, 3.8) is 0 Å². The van der Waals surface area contributed by atoms with E-state index < -0.39 is 21.7 Å². The number of sulfonamides is 1. The third-order valence-corrected chi connectivity index (χ3v) is 7.28. The highest BCUT2D eigenvalue weighted by Crippen LogP contribution is 2.33. The van der Waals surface area contributed by atoms with Gasteiger partial charge >= 0.3 is 0 Å². The summed E-state index contributed by atoms with van der Waals surface area (Å²) in [7, 11) is -3.13. The summed E-state index contributed by atoms with van der Waals surface area (Å²) in [5.41, 5.74) is 0.743. The Labute approximate surface area is 145 Å². The van der Waals surface area contributed by atoms with E-state index in [1.807, 2.05) is 0 Å². The normalized spacial score (nSPS) is 20.1. The fraction of sp³-hybridized carbons (Fsp3) is 0.471. The molecule has 0 amide bonds. The second kappa shape index (κ2) is 6.17. The van der Waals surface area contributed by atoms with E-state index in [9.17, 15) is 17.2 Å². The summed E-state index contributed by atoms with van der Waals surface area (Å²) in [4.78, 5) is 3.98. The van der Waals surface area contributed by atoms with Crippen molar-refractivity contribution in [3.05, 3.63) is 36.0 Å². The van der Waals surface area contributed by atoms with Crippen LogP contribution < -0.4 is 5.32 Å². The molecule has 1 aliphatic carbocycles. The Kier molecular flexibility index (Phi) is 4.11. The summed E-state index contributed by atoms with van der Waals surface area (Å²) < 4.78 is 53.5. The average molecular weight is 367 g/mol. The van der Waals surface area contributed by atoms with E-state index in [4.69, 9.17) is 0 Å². The molecule has 0 unspecified atom stereocenters. The highest BCUT2D eigenvalue weighted by Gasteiger charge is 2.41. The van der Waals surface area contributed by atoms with E-state index in [0.29, 0.717) is 37.0 Å². The maximum atomic E-state index is 13.9. The molecule has 1 saturated heterocycles. The van der Waals surface area contributed by atoms with E-state index in [1.165, 1.54) is 12.3 Å². The maximum Gasteiger partial charge on any atom is 0.216 e. The quantitative estimate of drug-likeness (QED) is 0.903. The van der Waals surface area contributed by atoms with Gasteiger partial charge in [0.15, 0.2) is 5.82 Å². The average Bonchev–Trinajstić information content (AvgIpc) is 3.41. The minimum absolute atomic E-state index is 0.0579. The van der Waals surface area contributed by atoms with Crippen molar-refractivity contribution < 1.29 is 17.2 Å². The molecule has 1 saturated carbocycles. The van der Waals surface area contributed by atoms with Gasteiger partial charge in [-0.05, 0) is 37.8 Å². The number of fused-ring (bicyclic) bond motifs is 1. The van der Waals surface area contributed by atoms with Crippen LogP contribution in [0.15, 0.2) is 24.4 Å². The van der Waals surface area contributed by atoms with Gasteiger partial charge in [0, 0.05) is 42.5 Å². The molecule has 1 aliphatic heterocycles. The zero-order valence-electron chi connectivity index (χ0n) is 13.6. The predicted octanol–water partition coefficient (Wildman–Crippen LogP) is 2.88. The number of piperidine rings is 1. The van der Waals surface area contributed by atoms with Gasteiger partial charge in [0.2, 0.25) is 10.0 Å². The van der Waals surface area contributed by atoms with Crippen molar-refractivity contribution in [2.45, 2.75) is 37.0 Å². The molecular weight excluding hydrogens is 348 g/mol. The molecule has 0 atom stereocenters. The second-order valence-electron chi connectivity index (χ2n) is 6.70. The summed E-state index contributed by atoms with van der Waals surface area (Å²) in [6, 6.07) is 3.83. The van der Waals surface area contributed by atoms with Crippen LogP contribution in [0.5, 0.6) is 0 Å². The Morgan fingerprint density at radius 2 is 1.84 bits per heavy atom. The highest BCUT2D eigenvalue weighted by molar-refractivity contribution is 7.90. The molecule has 0 spiro atoms. The number of anilines is 1. The number of benzene rings is 1. The van der Waals surface area contributed by atoms with Gasteiger partial charge in [-0.1, -0.05) is 0 Å². The van der Waals surface area contributed by atoms with Crippen LogP contribution in [0.4, 0.5) is 14.5 Å².